The lowest BCUT2D eigenvalue weighted by atomic mass is 9.92. The Bertz CT molecular complexity index is 973. The number of aromatic nitrogens is 4. The molecule has 8 nitrogen and oxygen atoms in total. The molecule has 4 heterocycles. The van der Waals surface area contributed by atoms with Crippen LogP contribution in [-0.2, 0) is 17.9 Å². The third-order valence-corrected chi connectivity index (χ3v) is 6.81. The summed E-state index contributed by atoms with van der Waals surface area (Å²) in [5.41, 5.74) is 2.08. The van der Waals surface area contributed by atoms with Crippen molar-refractivity contribution in [1.29, 1.82) is 0 Å². The van der Waals surface area contributed by atoms with Crippen molar-refractivity contribution < 1.29 is 4.79 Å². The molecule has 0 bridgehead atoms. The Morgan fingerprint density at radius 3 is 2.66 bits per heavy atom. The van der Waals surface area contributed by atoms with Gasteiger partial charge in [-0.3, -0.25) is 19.2 Å². The molecule has 1 amide bonds. The van der Waals surface area contributed by atoms with E-state index in [9.17, 15) is 9.59 Å². The van der Waals surface area contributed by atoms with E-state index >= 15 is 0 Å². The zero-order chi connectivity index (χ0) is 22.7. The van der Waals surface area contributed by atoms with Gasteiger partial charge in [0.25, 0.3) is 5.56 Å². The fourth-order valence-corrected chi connectivity index (χ4v) is 5.00. The number of hydrogen-bond acceptors (Lipinski definition) is 5. The minimum absolute atomic E-state index is 0.0263. The number of rotatable bonds is 6. The second-order valence-corrected chi connectivity index (χ2v) is 9.59. The van der Waals surface area contributed by atoms with Gasteiger partial charge in [0, 0.05) is 68.3 Å². The van der Waals surface area contributed by atoms with Gasteiger partial charge in [-0.1, -0.05) is 13.8 Å². The van der Waals surface area contributed by atoms with Gasteiger partial charge in [0.15, 0.2) is 0 Å². The van der Waals surface area contributed by atoms with Gasteiger partial charge >= 0.3 is 0 Å². The van der Waals surface area contributed by atoms with Gasteiger partial charge in [-0.05, 0) is 39.2 Å². The number of amides is 1. The molecule has 1 N–H and O–H groups in total. The van der Waals surface area contributed by atoms with Crippen LogP contribution in [0.3, 0.4) is 0 Å². The summed E-state index contributed by atoms with van der Waals surface area (Å²) >= 11 is 0. The van der Waals surface area contributed by atoms with E-state index in [1.807, 2.05) is 29.6 Å². The van der Waals surface area contributed by atoms with Crippen LogP contribution >= 0.6 is 0 Å². The van der Waals surface area contributed by atoms with E-state index in [4.69, 9.17) is 4.98 Å². The third-order valence-electron chi connectivity index (χ3n) is 6.81. The van der Waals surface area contributed by atoms with Gasteiger partial charge in [0.05, 0.1) is 11.9 Å². The summed E-state index contributed by atoms with van der Waals surface area (Å²) in [6.07, 6.45) is 7.93. The van der Waals surface area contributed by atoms with E-state index in [1.54, 1.807) is 6.07 Å². The van der Waals surface area contributed by atoms with Crippen LogP contribution in [0.15, 0.2) is 23.3 Å². The Morgan fingerprint density at radius 2 is 1.97 bits per heavy atom. The van der Waals surface area contributed by atoms with Gasteiger partial charge in [-0.25, -0.2) is 4.98 Å². The number of nitrogens with zero attached hydrogens (tertiary/aromatic N) is 5. The maximum atomic E-state index is 12.5. The fourth-order valence-electron chi connectivity index (χ4n) is 5.00. The van der Waals surface area contributed by atoms with Gasteiger partial charge < -0.3 is 9.88 Å². The third kappa shape index (κ3) is 5.28. The van der Waals surface area contributed by atoms with Crippen LogP contribution < -0.4 is 5.56 Å². The molecule has 8 heteroatoms. The van der Waals surface area contributed by atoms with E-state index < -0.39 is 0 Å². The molecular weight excluding hydrogens is 404 g/mol. The number of aromatic amines is 1. The SMILES string of the molecule is CCn1cc(CN2CCCC(c3cc(=O)[nH]c(C4CCN(C(=O)C(C)C)CC4)n3)C2)cn1. The Labute approximate surface area is 190 Å². The van der Waals surface area contributed by atoms with Crippen molar-refractivity contribution in [2.45, 2.75) is 71.4 Å². The number of carbonyl (C=O) groups excluding carboxylic acids is 1. The summed E-state index contributed by atoms with van der Waals surface area (Å²) < 4.78 is 1.96. The van der Waals surface area contributed by atoms with E-state index in [0.29, 0.717) is 0 Å². The second kappa shape index (κ2) is 9.98. The Balaban J connectivity index is 1.42. The molecule has 0 aromatic carbocycles. The standard InChI is InChI=1S/C24H36N6O2/c1-4-30-15-18(13-25-30)14-28-9-5-6-20(16-28)21-12-22(31)27-23(26-21)19-7-10-29(11-8-19)24(32)17(2)3/h12-13,15,17,19-20H,4-11,14,16H2,1-3H3,(H,26,27,31). The number of likely N-dealkylation sites (tertiary alicyclic amines) is 2. The van der Waals surface area contributed by atoms with Gasteiger partial charge in [-0.15, -0.1) is 0 Å². The van der Waals surface area contributed by atoms with Gasteiger partial charge in [0.1, 0.15) is 5.82 Å². The zero-order valence-electron chi connectivity index (χ0n) is 19.6. The first-order valence-corrected chi connectivity index (χ1v) is 12.1. The molecule has 1 unspecified atom stereocenters. The minimum atomic E-state index is -0.0629. The highest BCUT2D eigenvalue weighted by Gasteiger charge is 2.28. The number of hydrogen-bond donors (Lipinski definition) is 1. The first-order chi connectivity index (χ1) is 15.4. The first kappa shape index (κ1) is 22.7. The Kier molecular flexibility index (Phi) is 7.08. The lowest BCUT2D eigenvalue weighted by molar-refractivity contribution is -0.135. The molecule has 2 aliphatic heterocycles. The van der Waals surface area contributed by atoms with Crippen molar-refractivity contribution in [2.75, 3.05) is 26.2 Å². The number of aryl methyl sites for hydroxylation is 1. The lowest BCUT2D eigenvalue weighted by Gasteiger charge is -2.34. The second-order valence-electron chi connectivity index (χ2n) is 9.59. The molecule has 2 aromatic heterocycles. The van der Waals surface area contributed by atoms with Crippen molar-refractivity contribution >= 4 is 5.91 Å². The quantitative estimate of drug-likeness (QED) is 0.746. The van der Waals surface area contributed by atoms with Crippen molar-refractivity contribution in [1.82, 2.24) is 29.5 Å². The molecule has 0 saturated carbocycles. The van der Waals surface area contributed by atoms with Crippen LogP contribution in [0.5, 0.6) is 0 Å². The monoisotopic (exact) mass is 440 g/mol. The molecular formula is C24H36N6O2. The summed E-state index contributed by atoms with van der Waals surface area (Å²) in [5, 5.41) is 4.39. The summed E-state index contributed by atoms with van der Waals surface area (Å²) in [5.74, 6) is 1.52. The van der Waals surface area contributed by atoms with Crippen LogP contribution in [-0.4, -0.2) is 61.6 Å². The Morgan fingerprint density at radius 1 is 1.19 bits per heavy atom. The van der Waals surface area contributed by atoms with E-state index in [2.05, 4.69) is 28.1 Å². The van der Waals surface area contributed by atoms with Gasteiger partial charge in [0.2, 0.25) is 5.91 Å². The van der Waals surface area contributed by atoms with E-state index in [0.717, 1.165) is 76.5 Å². The molecule has 2 saturated heterocycles. The predicted molar refractivity (Wildman–Crippen MR) is 123 cm³/mol. The molecule has 32 heavy (non-hydrogen) atoms. The maximum absolute atomic E-state index is 12.5. The summed E-state index contributed by atoms with van der Waals surface area (Å²) in [6.45, 7) is 11.2. The van der Waals surface area contributed by atoms with E-state index in [-0.39, 0.29) is 29.2 Å². The van der Waals surface area contributed by atoms with Crippen molar-refractivity contribution in [3.8, 4) is 0 Å². The summed E-state index contributed by atoms with van der Waals surface area (Å²) in [6, 6.07) is 1.68. The summed E-state index contributed by atoms with van der Waals surface area (Å²) in [7, 11) is 0. The largest absolute Gasteiger partial charge is 0.342 e. The molecule has 0 radical (unpaired) electrons. The number of nitrogens with one attached hydrogen (secondary N) is 1. The number of carbonyl (C=O) groups is 1. The minimum Gasteiger partial charge on any atom is -0.342 e. The molecule has 2 aromatic rings. The Hall–Kier alpha value is -2.48. The number of piperidine rings is 2. The van der Waals surface area contributed by atoms with E-state index in [1.165, 1.54) is 5.56 Å². The smallest absolute Gasteiger partial charge is 0.251 e. The molecule has 4 rings (SSSR count). The highest BCUT2D eigenvalue weighted by Crippen LogP contribution is 2.29. The molecule has 174 valence electrons. The normalized spacial score (nSPS) is 20.8. The van der Waals surface area contributed by atoms with Crippen LogP contribution in [0.25, 0.3) is 0 Å². The van der Waals surface area contributed by atoms with Crippen LogP contribution in [0.2, 0.25) is 0 Å². The topological polar surface area (TPSA) is 87.1 Å². The maximum Gasteiger partial charge on any atom is 0.251 e. The average Bonchev–Trinajstić information content (AvgIpc) is 3.26. The molecule has 1 atom stereocenters. The molecule has 2 aliphatic rings. The van der Waals surface area contributed by atoms with Crippen LogP contribution in [0.4, 0.5) is 0 Å². The highest BCUT2D eigenvalue weighted by molar-refractivity contribution is 5.78. The average molecular weight is 441 g/mol. The van der Waals surface area contributed by atoms with Crippen LogP contribution in [0, 0.1) is 5.92 Å². The molecule has 0 spiro atoms. The zero-order valence-corrected chi connectivity index (χ0v) is 19.6. The predicted octanol–water partition coefficient (Wildman–Crippen LogP) is 2.73. The molecule has 2 fully saturated rings. The fraction of sp³-hybridized carbons (Fsp3) is 0.667. The number of H-pyrrole nitrogens is 1. The van der Waals surface area contributed by atoms with Crippen molar-refractivity contribution in [3.63, 3.8) is 0 Å². The van der Waals surface area contributed by atoms with Crippen molar-refractivity contribution in [3.05, 3.63) is 45.9 Å². The summed E-state index contributed by atoms with van der Waals surface area (Å²) in [4.78, 5) is 37.1. The highest BCUT2D eigenvalue weighted by atomic mass is 16.2. The molecule has 0 aliphatic carbocycles. The van der Waals surface area contributed by atoms with Crippen molar-refractivity contribution in [2.24, 2.45) is 5.92 Å². The lowest BCUT2D eigenvalue weighted by Crippen LogP contribution is -2.40. The van der Waals surface area contributed by atoms with Gasteiger partial charge in [-0.2, -0.15) is 5.10 Å². The van der Waals surface area contributed by atoms with Crippen LogP contribution in [0.1, 0.15) is 75.4 Å². The first-order valence-electron chi connectivity index (χ1n) is 12.1.